The van der Waals surface area contributed by atoms with Crippen molar-refractivity contribution in [3.63, 3.8) is 0 Å². The third kappa shape index (κ3) is 4.94. The lowest BCUT2D eigenvalue weighted by Gasteiger charge is -2.31. The number of aryl methyl sites for hydroxylation is 1. The van der Waals surface area contributed by atoms with Crippen molar-refractivity contribution in [2.45, 2.75) is 38.8 Å². The summed E-state index contributed by atoms with van der Waals surface area (Å²) in [5.74, 6) is 0. The number of rotatable bonds is 4. The van der Waals surface area contributed by atoms with Crippen molar-refractivity contribution in [3.05, 3.63) is 35.4 Å². The van der Waals surface area contributed by atoms with E-state index in [0.717, 1.165) is 11.1 Å². The van der Waals surface area contributed by atoms with E-state index in [1.54, 1.807) is 0 Å². The molecule has 1 aromatic rings. The first-order valence-electron chi connectivity index (χ1n) is 7.85. The molecular weight excluding hydrogens is 314 g/mol. The van der Waals surface area contributed by atoms with Gasteiger partial charge >= 0.3 is 6.03 Å². The number of nitrogens with zero attached hydrogens (tertiary/aromatic N) is 1. The molecule has 1 saturated heterocycles. The van der Waals surface area contributed by atoms with E-state index in [0.29, 0.717) is 25.9 Å². The molecule has 2 rings (SSSR count). The molecule has 0 spiro atoms. The van der Waals surface area contributed by atoms with Gasteiger partial charge in [0, 0.05) is 19.1 Å². The van der Waals surface area contributed by atoms with E-state index in [1.165, 1.54) is 10.6 Å². The summed E-state index contributed by atoms with van der Waals surface area (Å²) in [7, 11) is -3.13. The first kappa shape index (κ1) is 17.7. The molecule has 1 unspecified atom stereocenters. The lowest BCUT2D eigenvalue weighted by molar-refractivity contribution is 0.225. The highest BCUT2D eigenvalue weighted by Crippen LogP contribution is 2.17. The number of urea groups is 1. The highest BCUT2D eigenvalue weighted by Gasteiger charge is 2.26. The van der Waals surface area contributed by atoms with Crippen LogP contribution in [0.3, 0.4) is 0 Å². The van der Waals surface area contributed by atoms with Crippen LogP contribution in [0.25, 0.3) is 0 Å². The van der Waals surface area contributed by atoms with Gasteiger partial charge < -0.3 is 10.6 Å². The minimum Gasteiger partial charge on any atom is -0.335 e. The quantitative estimate of drug-likeness (QED) is 0.878. The molecule has 23 heavy (non-hydrogen) atoms. The summed E-state index contributed by atoms with van der Waals surface area (Å²) in [5, 5.41) is 5.88. The van der Waals surface area contributed by atoms with E-state index in [2.05, 4.69) is 10.6 Å². The Morgan fingerprint density at radius 3 is 2.43 bits per heavy atom. The van der Waals surface area contributed by atoms with Gasteiger partial charge in [-0.25, -0.2) is 17.5 Å². The van der Waals surface area contributed by atoms with Crippen molar-refractivity contribution in [1.82, 2.24) is 14.9 Å². The number of hydrogen-bond acceptors (Lipinski definition) is 3. The molecule has 1 aliphatic heterocycles. The SMILES string of the molecule is Cc1ccccc1C(C)NC(=O)NC1CCN(S(C)(=O)=O)CC1. The number of nitrogens with one attached hydrogen (secondary N) is 2. The smallest absolute Gasteiger partial charge is 0.315 e. The lowest BCUT2D eigenvalue weighted by atomic mass is 10.0. The van der Waals surface area contributed by atoms with Gasteiger partial charge in [0.15, 0.2) is 0 Å². The highest BCUT2D eigenvalue weighted by molar-refractivity contribution is 7.88. The van der Waals surface area contributed by atoms with Crippen molar-refractivity contribution in [3.8, 4) is 0 Å². The fourth-order valence-corrected chi connectivity index (χ4v) is 3.78. The molecule has 7 heteroatoms. The Bertz CT molecular complexity index is 652. The molecule has 1 aromatic carbocycles. The number of hydrogen-bond donors (Lipinski definition) is 2. The van der Waals surface area contributed by atoms with Crippen LogP contribution in [-0.2, 0) is 10.0 Å². The molecule has 0 saturated carbocycles. The van der Waals surface area contributed by atoms with Crippen LogP contribution in [0.5, 0.6) is 0 Å². The maximum Gasteiger partial charge on any atom is 0.315 e. The van der Waals surface area contributed by atoms with E-state index < -0.39 is 10.0 Å². The van der Waals surface area contributed by atoms with Gasteiger partial charge in [0.2, 0.25) is 10.0 Å². The molecular formula is C16H25N3O3S. The maximum absolute atomic E-state index is 12.1. The van der Waals surface area contributed by atoms with Crippen LogP contribution in [0, 0.1) is 6.92 Å². The number of amides is 2. The van der Waals surface area contributed by atoms with Crippen LogP contribution >= 0.6 is 0 Å². The summed E-state index contributed by atoms with van der Waals surface area (Å²) in [6, 6.07) is 7.68. The molecule has 1 atom stereocenters. The summed E-state index contributed by atoms with van der Waals surface area (Å²) >= 11 is 0. The fraction of sp³-hybridized carbons (Fsp3) is 0.562. The van der Waals surface area contributed by atoms with Crippen molar-refractivity contribution >= 4 is 16.1 Å². The normalized spacial score (nSPS) is 18.4. The Balaban J connectivity index is 1.83. The molecule has 0 aliphatic carbocycles. The molecule has 2 N–H and O–H groups in total. The Labute approximate surface area is 138 Å². The van der Waals surface area contributed by atoms with Crippen LogP contribution in [0.1, 0.15) is 36.9 Å². The van der Waals surface area contributed by atoms with Crippen molar-refractivity contribution in [1.29, 1.82) is 0 Å². The second kappa shape index (κ2) is 7.31. The number of sulfonamides is 1. The average molecular weight is 339 g/mol. The topological polar surface area (TPSA) is 78.5 Å². The van der Waals surface area contributed by atoms with E-state index >= 15 is 0 Å². The Kier molecular flexibility index (Phi) is 5.64. The van der Waals surface area contributed by atoms with Gasteiger partial charge in [-0.2, -0.15) is 0 Å². The van der Waals surface area contributed by atoms with E-state index in [1.807, 2.05) is 38.1 Å². The third-order valence-corrected chi connectivity index (χ3v) is 5.56. The molecule has 0 aromatic heterocycles. The summed E-state index contributed by atoms with van der Waals surface area (Å²) in [5.41, 5.74) is 2.23. The molecule has 2 amide bonds. The van der Waals surface area contributed by atoms with Crippen LogP contribution < -0.4 is 10.6 Å². The molecule has 1 aliphatic rings. The number of carbonyl (C=O) groups excluding carboxylic acids is 1. The Morgan fingerprint density at radius 2 is 1.87 bits per heavy atom. The van der Waals surface area contributed by atoms with E-state index in [-0.39, 0.29) is 18.1 Å². The second-order valence-electron chi connectivity index (χ2n) is 6.13. The maximum atomic E-state index is 12.1. The summed E-state index contributed by atoms with van der Waals surface area (Å²) in [6.45, 7) is 4.88. The van der Waals surface area contributed by atoms with Gasteiger partial charge in [0.25, 0.3) is 0 Å². The molecule has 1 fully saturated rings. The first-order chi connectivity index (χ1) is 10.8. The van der Waals surface area contributed by atoms with Gasteiger partial charge in [-0.05, 0) is 37.8 Å². The predicted octanol–water partition coefficient (Wildman–Crippen LogP) is 1.78. The lowest BCUT2D eigenvalue weighted by Crippen LogP contribution is -2.49. The summed E-state index contributed by atoms with van der Waals surface area (Å²) in [4.78, 5) is 12.1. The number of piperidine rings is 1. The van der Waals surface area contributed by atoms with Crippen molar-refractivity contribution < 1.29 is 13.2 Å². The van der Waals surface area contributed by atoms with Crippen LogP contribution in [0.2, 0.25) is 0 Å². The van der Waals surface area contributed by atoms with Gasteiger partial charge in [0.05, 0.1) is 12.3 Å². The fourth-order valence-electron chi connectivity index (χ4n) is 2.91. The molecule has 0 bridgehead atoms. The van der Waals surface area contributed by atoms with E-state index in [9.17, 15) is 13.2 Å². The van der Waals surface area contributed by atoms with Crippen molar-refractivity contribution in [2.24, 2.45) is 0 Å². The van der Waals surface area contributed by atoms with Crippen LogP contribution in [-0.4, -0.2) is 44.1 Å². The first-order valence-corrected chi connectivity index (χ1v) is 9.70. The zero-order valence-electron chi connectivity index (χ0n) is 13.9. The van der Waals surface area contributed by atoms with Gasteiger partial charge in [-0.15, -0.1) is 0 Å². The van der Waals surface area contributed by atoms with Gasteiger partial charge in [0.1, 0.15) is 0 Å². The zero-order valence-corrected chi connectivity index (χ0v) is 14.7. The Hall–Kier alpha value is -1.60. The molecule has 1 heterocycles. The standard InChI is InChI=1S/C16H25N3O3S/c1-12-6-4-5-7-15(12)13(2)17-16(20)18-14-8-10-19(11-9-14)23(3,21)22/h4-7,13-14H,8-11H2,1-3H3,(H2,17,18,20). The average Bonchev–Trinajstić information content (AvgIpc) is 2.47. The monoisotopic (exact) mass is 339 g/mol. The molecule has 128 valence electrons. The highest BCUT2D eigenvalue weighted by atomic mass is 32.2. The van der Waals surface area contributed by atoms with Crippen LogP contribution in [0.4, 0.5) is 4.79 Å². The third-order valence-electron chi connectivity index (χ3n) is 4.26. The molecule has 6 nitrogen and oxygen atoms in total. The molecule has 0 radical (unpaired) electrons. The second-order valence-corrected chi connectivity index (χ2v) is 8.11. The predicted molar refractivity (Wildman–Crippen MR) is 90.7 cm³/mol. The summed E-state index contributed by atoms with van der Waals surface area (Å²) < 4.78 is 24.4. The number of benzene rings is 1. The minimum atomic E-state index is -3.13. The summed E-state index contributed by atoms with van der Waals surface area (Å²) in [6.07, 6.45) is 2.50. The Morgan fingerprint density at radius 1 is 1.26 bits per heavy atom. The van der Waals surface area contributed by atoms with Crippen LogP contribution in [0.15, 0.2) is 24.3 Å². The zero-order chi connectivity index (χ0) is 17.0. The number of carbonyl (C=O) groups is 1. The van der Waals surface area contributed by atoms with E-state index in [4.69, 9.17) is 0 Å². The van der Waals surface area contributed by atoms with Crippen molar-refractivity contribution in [2.75, 3.05) is 19.3 Å². The van der Waals surface area contributed by atoms with Gasteiger partial charge in [-0.3, -0.25) is 0 Å². The minimum absolute atomic E-state index is 0.0112. The largest absolute Gasteiger partial charge is 0.335 e. The van der Waals surface area contributed by atoms with Gasteiger partial charge in [-0.1, -0.05) is 24.3 Å².